The van der Waals surface area contributed by atoms with Crippen LogP contribution in [0, 0.1) is 0 Å². The molecule has 2 aromatic rings. The van der Waals surface area contributed by atoms with Crippen LogP contribution >= 0.6 is 0 Å². The van der Waals surface area contributed by atoms with E-state index in [0.717, 1.165) is 0 Å². The van der Waals surface area contributed by atoms with E-state index in [1.165, 1.54) is 18.5 Å². The van der Waals surface area contributed by atoms with Crippen molar-refractivity contribution in [2.75, 3.05) is 37.8 Å². The molecule has 1 N–H and O–H groups in total. The highest BCUT2D eigenvalue weighted by molar-refractivity contribution is 5.93. The summed E-state index contributed by atoms with van der Waals surface area (Å²) in [6.45, 7) is 0.805. The van der Waals surface area contributed by atoms with Gasteiger partial charge in [-0.05, 0) is 18.2 Å². The lowest BCUT2D eigenvalue weighted by Gasteiger charge is -2.29. The van der Waals surface area contributed by atoms with Gasteiger partial charge in [-0.15, -0.1) is 0 Å². The maximum Gasteiger partial charge on any atom is 0.422 e. The lowest BCUT2D eigenvalue weighted by molar-refractivity contribution is -0.154. The van der Waals surface area contributed by atoms with E-state index in [-0.39, 0.29) is 18.3 Å². The number of amides is 1. The van der Waals surface area contributed by atoms with Crippen molar-refractivity contribution in [1.82, 2.24) is 15.3 Å². The smallest absolute Gasteiger partial charge is 0.422 e. The number of aromatic nitrogens is 2. The zero-order valence-electron chi connectivity index (χ0n) is 14.9. The largest absolute Gasteiger partial charge is 0.468 e. The van der Waals surface area contributed by atoms with Crippen molar-refractivity contribution in [3.8, 4) is 5.88 Å². The molecule has 2 aromatic heterocycles. The monoisotopic (exact) mass is 396 g/mol. The van der Waals surface area contributed by atoms with E-state index in [1.807, 2.05) is 4.90 Å². The maximum absolute atomic E-state index is 12.4. The highest BCUT2D eigenvalue weighted by atomic mass is 19.4. The molecule has 0 bridgehead atoms. The van der Waals surface area contributed by atoms with Gasteiger partial charge in [-0.2, -0.15) is 18.2 Å². The number of morpholine rings is 1. The molecule has 0 atom stereocenters. The zero-order valence-corrected chi connectivity index (χ0v) is 14.9. The molecule has 3 rings (SSSR count). The van der Waals surface area contributed by atoms with Crippen molar-refractivity contribution in [1.29, 1.82) is 0 Å². The van der Waals surface area contributed by atoms with Gasteiger partial charge in [-0.25, -0.2) is 0 Å². The fraction of sp³-hybridized carbons (Fsp3) is 0.389. The van der Waals surface area contributed by atoms with Gasteiger partial charge in [-0.3, -0.25) is 9.78 Å². The molecule has 0 spiro atoms. The van der Waals surface area contributed by atoms with Crippen LogP contribution in [-0.4, -0.2) is 55.0 Å². The summed E-state index contributed by atoms with van der Waals surface area (Å²) in [5.74, 6) is 0.0637. The van der Waals surface area contributed by atoms with Gasteiger partial charge >= 0.3 is 6.18 Å². The van der Waals surface area contributed by atoms with Gasteiger partial charge in [-0.1, -0.05) is 0 Å². The second-order valence-corrected chi connectivity index (χ2v) is 6.05. The lowest BCUT2D eigenvalue weighted by Crippen LogP contribution is -2.38. The number of halogens is 3. The molecule has 0 radical (unpaired) electrons. The van der Waals surface area contributed by atoms with Crippen LogP contribution in [0.2, 0.25) is 0 Å². The molecular formula is C18H19F3N4O3. The molecule has 0 unspecified atom stereocenters. The number of alkyl halides is 3. The first-order valence-corrected chi connectivity index (χ1v) is 8.63. The Hall–Kier alpha value is -2.88. The Morgan fingerprint density at radius 2 is 1.89 bits per heavy atom. The van der Waals surface area contributed by atoms with Crippen LogP contribution in [0.1, 0.15) is 15.9 Å². The number of pyridine rings is 2. The van der Waals surface area contributed by atoms with E-state index >= 15 is 0 Å². The summed E-state index contributed by atoms with van der Waals surface area (Å²) in [7, 11) is 0. The fourth-order valence-corrected chi connectivity index (χ4v) is 2.66. The Labute approximate surface area is 159 Å². The first-order valence-electron chi connectivity index (χ1n) is 8.63. The third-order valence-corrected chi connectivity index (χ3v) is 4.01. The Bertz CT molecular complexity index is 796. The summed E-state index contributed by atoms with van der Waals surface area (Å²) >= 11 is 0. The molecule has 28 heavy (non-hydrogen) atoms. The summed E-state index contributed by atoms with van der Waals surface area (Å²) in [6, 6.07) is 6.15. The van der Waals surface area contributed by atoms with E-state index in [2.05, 4.69) is 15.3 Å². The van der Waals surface area contributed by atoms with Crippen LogP contribution in [0.5, 0.6) is 5.88 Å². The molecule has 7 nitrogen and oxygen atoms in total. The van der Waals surface area contributed by atoms with Crippen LogP contribution in [0.15, 0.2) is 36.7 Å². The van der Waals surface area contributed by atoms with Crippen molar-refractivity contribution < 1.29 is 27.4 Å². The third kappa shape index (κ3) is 5.56. The standard InChI is InChI=1S/C18H19F3N4O3/c19-18(20,21)12-28-15-2-1-14(16(24-15)25-7-9-27-10-8-25)11-23-17(26)13-3-5-22-6-4-13/h1-6H,7-12H2,(H,23,26). The molecule has 10 heteroatoms. The van der Waals surface area contributed by atoms with Gasteiger partial charge in [0.05, 0.1) is 13.2 Å². The Kier molecular flexibility index (Phi) is 6.30. The molecule has 1 aliphatic rings. The summed E-state index contributed by atoms with van der Waals surface area (Å²) in [6.07, 6.45) is -1.41. The third-order valence-electron chi connectivity index (χ3n) is 4.01. The fourth-order valence-electron chi connectivity index (χ4n) is 2.66. The maximum atomic E-state index is 12.4. The minimum absolute atomic E-state index is 0.122. The minimum atomic E-state index is -4.45. The predicted octanol–water partition coefficient (Wildman–Crippen LogP) is 2.18. The average Bonchev–Trinajstić information content (AvgIpc) is 2.71. The van der Waals surface area contributed by atoms with Gasteiger partial charge in [0.2, 0.25) is 5.88 Å². The molecular weight excluding hydrogens is 377 g/mol. The SMILES string of the molecule is O=C(NCc1ccc(OCC(F)(F)F)nc1N1CCOCC1)c1ccncc1. The van der Waals surface area contributed by atoms with E-state index in [0.29, 0.717) is 43.2 Å². The summed E-state index contributed by atoms with van der Waals surface area (Å²) < 4.78 is 47.3. The van der Waals surface area contributed by atoms with Crippen molar-refractivity contribution in [2.45, 2.75) is 12.7 Å². The quantitative estimate of drug-likeness (QED) is 0.807. The first kappa shape index (κ1) is 19.9. The highest BCUT2D eigenvalue weighted by Crippen LogP contribution is 2.24. The average molecular weight is 396 g/mol. The van der Waals surface area contributed by atoms with Crippen LogP contribution < -0.4 is 15.0 Å². The van der Waals surface area contributed by atoms with E-state index < -0.39 is 12.8 Å². The first-order chi connectivity index (χ1) is 13.4. The van der Waals surface area contributed by atoms with E-state index in [1.54, 1.807) is 18.2 Å². The van der Waals surface area contributed by atoms with E-state index in [4.69, 9.17) is 9.47 Å². The summed E-state index contributed by atoms with van der Waals surface area (Å²) in [5.41, 5.74) is 1.13. The Morgan fingerprint density at radius 3 is 2.57 bits per heavy atom. The number of carbonyl (C=O) groups excluding carboxylic acids is 1. The van der Waals surface area contributed by atoms with Gasteiger partial charge in [0, 0.05) is 49.2 Å². The van der Waals surface area contributed by atoms with Crippen LogP contribution in [0.3, 0.4) is 0 Å². The van der Waals surface area contributed by atoms with Crippen LogP contribution in [0.25, 0.3) is 0 Å². The molecule has 0 saturated carbocycles. The molecule has 150 valence electrons. The van der Waals surface area contributed by atoms with Gasteiger partial charge in [0.15, 0.2) is 6.61 Å². The molecule has 1 aliphatic heterocycles. The van der Waals surface area contributed by atoms with Gasteiger partial charge < -0.3 is 19.7 Å². The Morgan fingerprint density at radius 1 is 1.18 bits per heavy atom. The predicted molar refractivity (Wildman–Crippen MR) is 94.2 cm³/mol. The van der Waals surface area contributed by atoms with Crippen molar-refractivity contribution >= 4 is 11.7 Å². The second kappa shape index (κ2) is 8.87. The molecule has 3 heterocycles. The number of hydrogen-bond donors (Lipinski definition) is 1. The normalized spacial score (nSPS) is 14.6. The minimum Gasteiger partial charge on any atom is -0.468 e. The topological polar surface area (TPSA) is 76.6 Å². The Balaban J connectivity index is 1.75. The van der Waals surface area contributed by atoms with Crippen LogP contribution in [0.4, 0.5) is 19.0 Å². The zero-order chi connectivity index (χ0) is 20.0. The van der Waals surface area contributed by atoms with Gasteiger partial charge in [0.25, 0.3) is 5.91 Å². The number of anilines is 1. The van der Waals surface area contributed by atoms with Crippen LogP contribution in [-0.2, 0) is 11.3 Å². The molecule has 0 aromatic carbocycles. The number of rotatable bonds is 6. The number of ether oxygens (including phenoxy) is 2. The van der Waals surface area contributed by atoms with Crippen molar-refractivity contribution in [3.63, 3.8) is 0 Å². The highest BCUT2D eigenvalue weighted by Gasteiger charge is 2.29. The molecule has 1 amide bonds. The number of hydrogen-bond acceptors (Lipinski definition) is 6. The van der Waals surface area contributed by atoms with E-state index in [9.17, 15) is 18.0 Å². The number of nitrogens with one attached hydrogen (secondary N) is 1. The summed E-state index contributed by atoms with van der Waals surface area (Å²) in [4.78, 5) is 22.2. The lowest BCUT2D eigenvalue weighted by atomic mass is 10.2. The second-order valence-electron chi connectivity index (χ2n) is 6.05. The van der Waals surface area contributed by atoms with Gasteiger partial charge in [0.1, 0.15) is 5.82 Å². The van der Waals surface area contributed by atoms with Crippen molar-refractivity contribution in [3.05, 3.63) is 47.8 Å². The molecule has 0 aliphatic carbocycles. The molecule has 1 saturated heterocycles. The molecule has 1 fully saturated rings. The van der Waals surface area contributed by atoms with Crippen molar-refractivity contribution in [2.24, 2.45) is 0 Å². The summed E-state index contributed by atoms with van der Waals surface area (Å²) in [5, 5.41) is 2.79. The number of nitrogens with zero attached hydrogens (tertiary/aromatic N) is 3. The number of carbonyl (C=O) groups is 1.